The van der Waals surface area contributed by atoms with E-state index in [-0.39, 0.29) is 5.60 Å². The highest BCUT2D eigenvalue weighted by atomic mass is 16.5. The predicted molar refractivity (Wildman–Crippen MR) is 113 cm³/mol. The van der Waals surface area contributed by atoms with Crippen LogP contribution in [-0.4, -0.2) is 36.7 Å². The molecular formula is C24H41NO. The molecule has 1 fully saturated rings. The molecule has 1 aromatic rings. The van der Waals surface area contributed by atoms with Crippen molar-refractivity contribution in [2.24, 2.45) is 11.3 Å². The topological polar surface area (TPSA) is 12.5 Å². The highest BCUT2D eigenvalue weighted by Gasteiger charge is 2.43. The van der Waals surface area contributed by atoms with Gasteiger partial charge in [0.2, 0.25) is 0 Å². The normalized spacial score (nSPS) is 25.5. The van der Waals surface area contributed by atoms with Gasteiger partial charge in [-0.05, 0) is 68.5 Å². The zero-order chi connectivity index (χ0) is 19.0. The Morgan fingerprint density at radius 2 is 1.77 bits per heavy atom. The average Bonchev–Trinajstić information content (AvgIpc) is 2.59. The van der Waals surface area contributed by atoms with Gasteiger partial charge < -0.3 is 9.64 Å². The first-order valence-electron chi connectivity index (χ1n) is 10.8. The molecule has 0 spiro atoms. The molecule has 1 aromatic carbocycles. The summed E-state index contributed by atoms with van der Waals surface area (Å²) in [6.07, 6.45) is 7.15. The van der Waals surface area contributed by atoms with E-state index < -0.39 is 0 Å². The van der Waals surface area contributed by atoms with Gasteiger partial charge in [0, 0.05) is 13.2 Å². The maximum absolute atomic E-state index is 6.71. The van der Waals surface area contributed by atoms with Crippen LogP contribution < -0.4 is 0 Å². The van der Waals surface area contributed by atoms with Gasteiger partial charge in [-0.15, -0.1) is 0 Å². The lowest BCUT2D eigenvalue weighted by molar-refractivity contribution is -0.117. The van der Waals surface area contributed by atoms with Crippen LogP contribution in [0.4, 0.5) is 0 Å². The Morgan fingerprint density at radius 1 is 1.08 bits per heavy atom. The van der Waals surface area contributed by atoms with Gasteiger partial charge in [0.1, 0.15) is 0 Å². The molecule has 0 aromatic heterocycles. The molecule has 2 atom stereocenters. The molecule has 0 N–H and O–H groups in total. The lowest BCUT2D eigenvalue weighted by atomic mass is 9.64. The number of hydrogen-bond acceptors (Lipinski definition) is 2. The summed E-state index contributed by atoms with van der Waals surface area (Å²) in [7, 11) is 0. The average molecular weight is 360 g/mol. The van der Waals surface area contributed by atoms with Crippen LogP contribution in [0, 0.1) is 11.3 Å². The fraction of sp³-hybridized carbons (Fsp3) is 0.750. The predicted octanol–water partition coefficient (Wildman–Crippen LogP) is 5.95. The van der Waals surface area contributed by atoms with Crippen LogP contribution in [0.5, 0.6) is 0 Å². The van der Waals surface area contributed by atoms with Gasteiger partial charge in [-0.25, -0.2) is 0 Å². The lowest BCUT2D eigenvalue weighted by Crippen LogP contribution is -2.45. The third-order valence-electron chi connectivity index (χ3n) is 6.06. The molecule has 2 nitrogen and oxygen atoms in total. The Labute approximate surface area is 162 Å². The molecule has 26 heavy (non-hydrogen) atoms. The molecular weight excluding hydrogens is 318 g/mol. The highest BCUT2D eigenvalue weighted by molar-refractivity contribution is 5.15. The van der Waals surface area contributed by atoms with Crippen molar-refractivity contribution in [3.05, 3.63) is 35.9 Å². The summed E-state index contributed by atoms with van der Waals surface area (Å²) in [5.74, 6) is 0.748. The van der Waals surface area contributed by atoms with Gasteiger partial charge in [-0.2, -0.15) is 0 Å². The minimum absolute atomic E-state index is 0.0558. The SMILES string of the molecule is CCN(CC)CCCOC1(CCc2ccccc2)CC(C)CC(C)(C)C1. The van der Waals surface area contributed by atoms with Crippen molar-refractivity contribution in [3.63, 3.8) is 0 Å². The molecule has 0 saturated heterocycles. The zero-order valence-corrected chi connectivity index (χ0v) is 17.9. The van der Waals surface area contributed by atoms with E-state index >= 15 is 0 Å². The highest BCUT2D eigenvalue weighted by Crippen LogP contribution is 2.47. The van der Waals surface area contributed by atoms with Gasteiger partial charge in [0.05, 0.1) is 5.60 Å². The molecule has 148 valence electrons. The van der Waals surface area contributed by atoms with Crippen LogP contribution in [0.1, 0.15) is 72.3 Å². The van der Waals surface area contributed by atoms with Crippen LogP contribution in [0.25, 0.3) is 0 Å². The monoisotopic (exact) mass is 359 g/mol. The Bertz CT molecular complexity index is 508. The second-order valence-corrected chi connectivity index (χ2v) is 9.25. The summed E-state index contributed by atoms with van der Waals surface area (Å²) >= 11 is 0. The summed E-state index contributed by atoms with van der Waals surface area (Å²) in [4.78, 5) is 2.49. The van der Waals surface area contributed by atoms with Crippen molar-refractivity contribution in [2.45, 2.75) is 78.7 Å². The number of hydrogen-bond donors (Lipinski definition) is 0. The maximum atomic E-state index is 6.71. The van der Waals surface area contributed by atoms with E-state index in [9.17, 15) is 0 Å². The summed E-state index contributed by atoms with van der Waals surface area (Å²) in [5, 5.41) is 0. The van der Waals surface area contributed by atoms with Gasteiger partial charge in [0.15, 0.2) is 0 Å². The van der Waals surface area contributed by atoms with E-state index in [0.717, 1.165) is 51.4 Å². The van der Waals surface area contributed by atoms with Crippen molar-refractivity contribution in [2.75, 3.05) is 26.2 Å². The van der Waals surface area contributed by atoms with Crippen molar-refractivity contribution in [1.82, 2.24) is 4.90 Å². The number of benzene rings is 1. The maximum Gasteiger partial charge on any atom is 0.0693 e. The summed E-state index contributed by atoms with van der Waals surface area (Å²) < 4.78 is 6.71. The van der Waals surface area contributed by atoms with E-state index in [1.807, 2.05) is 0 Å². The van der Waals surface area contributed by atoms with Crippen LogP contribution in [0.2, 0.25) is 0 Å². The molecule has 2 rings (SSSR count). The first-order chi connectivity index (χ1) is 12.4. The largest absolute Gasteiger partial charge is 0.375 e. The third kappa shape index (κ3) is 6.70. The van der Waals surface area contributed by atoms with Gasteiger partial charge in [-0.3, -0.25) is 0 Å². The molecule has 2 unspecified atom stereocenters. The van der Waals surface area contributed by atoms with E-state index in [0.29, 0.717) is 5.41 Å². The van der Waals surface area contributed by atoms with Crippen molar-refractivity contribution >= 4 is 0 Å². The summed E-state index contributed by atoms with van der Waals surface area (Å²) in [6, 6.07) is 10.9. The molecule has 0 radical (unpaired) electrons. The zero-order valence-electron chi connectivity index (χ0n) is 17.9. The van der Waals surface area contributed by atoms with Crippen LogP contribution in [0.3, 0.4) is 0 Å². The van der Waals surface area contributed by atoms with Gasteiger partial charge in [0.25, 0.3) is 0 Å². The summed E-state index contributed by atoms with van der Waals surface area (Å²) in [6.45, 7) is 16.1. The van der Waals surface area contributed by atoms with Crippen molar-refractivity contribution in [1.29, 1.82) is 0 Å². The Morgan fingerprint density at radius 3 is 2.38 bits per heavy atom. The number of aryl methyl sites for hydroxylation is 1. The Balaban J connectivity index is 1.99. The number of ether oxygens (including phenoxy) is 1. The van der Waals surface area contributed by atoms with Gasteiger partial charge in [-0.1, -0.05) is 65.0 Å². The quantitative estimate of drug-likeness (QED) is 0.478. The van der Waals surface area contributed by atoms with E-state index in [1.165, 1.54) is 24.8 Å². The first kappa shape index (κ1) is 21.4. The minimum atomic E-state index is 0.0558. The molecule has 1 aliphatic rings. The standard InChI is InChI=1S/C24H41NO/c1-6-25(7-2)16-11-17-26-24(15-14-22-12-9-8-10-13-22)19-21(3)18-23(4,5)20-24/h8-10,12-13,21H,6-7,11,14-20H2,1-5H3. The molecule has 1 aliphatic carbocycles. The van der Waals surface area contributed by atoms with Crippen molar-refractivity contribution < 1.29 is 4.74 Å². The minimum Gasteiger partial charge on any atom is -0.375 e. The Kier molecular flexibility index (Phi) is 8.16. The van der Waals surface area contributed by atoms with E-state index in [1.54, 1.807) is 0 Å². The smallest absolute Gasteiger partial charge is 0.0693 e. The molecule has 0 bridgehead atoms. The molecule has 1 saturated carbocycles. The van der Waals surface area contributed by atoms with Crippen molar-refractivity contribution in [3.8, 4) is 0 Å². The summed E-state index contributed by atoms with van der Waals surface area (Å²) in [5.41, 5.74) is 1.88. The Hall–Kier alpha value is -0.860. The van der Waals surface area contributed by atoms with Crippen LogP contribution >= 0.6 is 0 Å². The molecule has 2 heteroatoms. The fourth-order valence-electron chi connectivity index (χ4n) is 5.17. The second-order valence-electron chi connectivity index (χ2n) is 9.25. The lowest BCUT2D eigenvalue weighted by Gasteiger charge is -2.48. The second kappa shape index (κ2) is 9.90. The number of rotatable bonds is 10. The first-order valence-corrected chi connectivity index (χ1v) is 10.8. The van der Waals surface area contributed by atoms with Crippen LogP contribution in [-0.2, 0) is 11.2 Å². The van der Waals surface area contributed by atoms with E-state index in [2.05, 4.69) is 69.9 Å². The van der Waals surface area contributed by atoms with Gasteiger partial charge >= 0.3 is 0 Å². The third-order valence-corrected chi connectivity index (χ3v) is 6.06. The number of nitrogens with zero attached hydrogens (tertiary/aromatic N) is 1. The fourth-order valence-corrected chi connectivity index (χ4v) is 5.17. The van der Waals surface area contributed by atoms with Crippen LogP contribution in [0.15, 0.2) is 30.3 Å². The van der Waals surface area contributed by atoms with E-state index in [4.69, 9.17) is 4.74 Å². The molecule has 0 heterocycles. The molecule has 0 amide bonds. The molecule has 0 aliphatic heterocycles.